The second-order valence-corrected chi connectivity index (χ2v) is 4.92. The number of hydrogen-bond donors (Lipinski definition) is 3. The molecule has 0 aliphatic rings. The Labute approximate surface area is 135 Å². The van der Waals surface area contributed by atoms with Gasteiger partial charge in [0, 0.05) is 16.8 Å². The fourth-order valence-corrected chi connectivity index (χ4v) is 2.14. The Hall–Kier alpha value is -3.62. The van der Waals surface area contributed by atoms with E-state index in [-0.39, 0.29) is 29.2 Å². The third-order valence-corrected chi connectivity index (χ3v) is 3.30. The molecule has 9 heteroatoms. The number of H-pyrrole nitrogens is 1. The van der Waals surface area contributed by atoms with Crippen molar-refractivity contribution in [1.29, 1.82) is 0 Å². The van der Waals surface area contributed by atoms with Crippen molar-refractivity contribution in [2.24, 2.45) is 0 Å². The van der Waals surface area contributed by atoms with Crippen LogP contribution in [-0.4, -0.2) is 32.5 Å². The molecule has 0 saturated heterocycles. The van der Waals surface area contributed by atoms with Gasteiger partial charge in [-0.15, -0.1) is 0 Å². The van der Waals surface area contributed by atoms with E-state index in [1.807, 2.05) is 0 Å². The lowest BCUT2D eigenvalue weighted by Gasteiger charge is -2.08. The standard InChI is InChI=1S/C15H12N6O3/c16-15-20-13-12(14(24)21-15)19-11(5-18-13)4-17-10-2-1-8(6-22)9(3-10)7-23/h1-3,5-7,17H,4H2,(H3,16,18,20,21,24). The minimum Gasteiger partial charge on any atom is -0.379 e. The molecular weight excluding hydrogens is 312 g/mol. The molecule has 0 radical (unpaired) electrons. The molecule has 0 spiro atoms. The summed E-state index contributed by atoms with van der Waals surface area (Å²) in [5.41, 5.74) is 6.98. The van der Waals surface area contributed by atoms with Crippen molar-refractivity contribution in [2.75, 3.05) is 11.1 Å². The second kappa shape index (κ2) is 6.24. The zero-order chi connectivity index (χ0) is 17.1. The number of aromatic amines is 1. The van der Waals surface area contributed by atoms with Crippen molar-refractivity contribution < 1.29 is 9.59 Å². The molecule has 0 amide bonds. The van der Waals surface area contributed by atoms with Gasteiger partial charge in [-0.25, -0.2) is 9.97 Å². The zero-order valence-electron chi connectivity index (χ0n) is 12.3. The number of fused-ring (bicyclic) bond motifs is 1. The first kappa shape index (κ1) is 15.3. The summed E-state index contributed by atoms with van der Waals surface area (Å²) in [5.74, 6) is -0.0238. The van der Waals surface area contributed by atoms with Gasteiger partial charge < -0.3 is 11.1 Å². The van der Waals surface area contributed by atoms with Crippen LogP contribution in [0.5, 0.6) is 0 Å². The number of carbonyl (C=O) groups excluding carboxylic acids is 2. The van der Waals surface area contributed by atoms with Crippen molar-refractivity contribution in [3.8, 4) is 0 Å². The number of carbonyl (C=O) groups is 2. The molecule has 0 aliphatic heterocycles. The van der Waals surface area contributed by atoms with Gasteiger partial charge in [-0.05, 0) is 18.2 Å². The molecule has 1 aromatic carbocycles. The summed E-state index contributed by atoms with van der Waals surface area (Å²) >= 11 is 0. The Morgan fingerprint density at radius 1 is 1.17 bits per heavy atom. The number of aldehydes is 2. The van der Waals surface area contributed by atoms with Crippen LogP contribution in [-0.2, 0) is 6.54 Å². The average Bonchev–Trinajstić information content (AvgIpc) is 2.59. The van der Waals surface area contributed by atoms with Crippen molar-refractivity contribution in [1.82, 2.24) is 19.9 Å². The molecule has 0 unspecified atom stereocenters. The van der Waals surface area contributed by atoms with Crippen LogP contribution < -0.4 is 16.6 Å². The zero-order valence-corrected chi connectivity index (χ0v) is 12.3. The number of nitrogens with zero attached hydrogens (tertiary/aromatic N) is 3. The van der Waals surface area contributed by atoms with Gasteiger partial charge in [0.2, 0.25) is 5.95 Å². The van der Waals surface area contributed by atoms with Gasteiger partial charge in [-0.3, -0.25) is 19.4 Å². The third-order valence-electron chi connectivity index (χ3n) is 3.30. The van der Waals surface area contributed by atoms with Crippen LogP contribution in [0.4, 0.5) is 11.6 Å². The van der Waals surface area contributed by atoms with Crippen LogP contribution in [0.2, 0.25) is 0 Å². The summed E-state index contributed by atoms with van der Waals surface area (Å²) < 4.78 is 0. The van der Waals surface area contributed by atoms with Gasteiger partial charge >= 0.3 is 0 Å². The molecule has 0 saturated carbocycles. The molecule has 0 aliphatic carbocycles. The summed E-state index contributed by atoms with van der Waals surface area (Å²) in [5, 5.41) is 3.05. The minimum absolute atomic E-state index is 0.0238. The average molecular weight is 324 g/mol. The number of nitrogens with two attached hydrogens (primary N) is 1. The number of nitrogens with one attached hydrogen (secondary N) is 2. The maximum atomic E-state index is 11.8. The first-order chi connectivity index (χ1) is 11.6. The van der Waals surface area contributed by atoms with E-state index < -0.39 is 5.56 Å². The highest BCUT2D eigenvalue weighted by molar-refractivity contribution is 5.91. The Morgan fingerprint density at radius 3 is 2.71 bits per heavy atom. The summed E-state index contributed by atoms with van der Waals surface area (Å²) in [6, 6.07) is 4.77. The fourth-order valence-electron chi connectivity index (χ4n) is 2.14. The smallest absolute Gasteiger partial charge is 0.280 e. The van der Waals surface area contributed by atoms with Crippen LogP contribution >= 0.6 is 0 Å². The molecule has 9 nitrogen and oxygen atoms in total. The van der Waals surface area contributed by atoms with E-state index >= 15 is 0 Å². The highest BCUT2D eigenvalue weighted by Crippen LogP contribution is 2.14. The summed E-state index contributed by atoms with van der Waals surface area (Å²) in [6.45, 7) is 0.269. The normalized spacial score (nSPS) is 10.5. The van der Waals surface area contributed by atoms with Crippen LogP contribution in [0.3, 0.4) is 0 Å². The highest BCUT2D eigenvalue weighted by atomic mass is 16.1. The number of rotatable bonds is 5. The number of anilines is 2. The van der Waals surface area contributed by atoms with Gasteiger partial charge in [-0.1, -0.05) is 0 Å². The topological polar surface area (TPSA) is 144 Å². The van der Waals surface area contributed by atoms with Gasteiger partial charge in [0.05, 0.1) is 18.4 Å². The van der Waals surface area contributed by atoms with Crippen molar-refractivity contribution in [3.63, 3.8) is 0 Å². The van der Waals surface area contributed by atoms with E-state index in [1.165, 1.54) is 6.20 Å². The summed E-state index contributed by atoms with van der Waals surface area (Å²) in [6.07, 6.45) is 2.70. The number of benzene rings is 1. The number of nitrogen functional groups attached to an aromatic ring is 1. The summed E-state index contributed by atoms with van der Waals surface area (Å²) in [7, 11) is 0. The van der Waals surface area contributed by atoms with E-state index in [4.69, 9.17) is 5.73 Å². The van der Waals surface area contributed by atoms with Crippen molar-refractivity contribution in [3.05, 3.63) is 51.6 Å². The van der Waals surface area contributed by atoms with E-state index in [0.29, 0.717) is 29.5 Å². The van der Waals surface area contributed by atoms with Crippen LogP contribution in [0.15, 0.2) is 29.2 Å². The molecular formula is C15H12N6O3. The lowest BCUT2D eigenvalue weighted by molar-refractivity contribution is 0.109. The van der Waals surface area contributed by atoms with Crippen LogP contribution in [0, 0.1) is 0 Å². The number of aromatic nitrogens is 4. The van der Waals surface area contributed by atoms with Gasteiger partial charge in [0.1, 0.15) is 0 Å². The molecule has 2 aromatic heterocycles. The molecule has 3 rings (SSSR count). The van der Waals surface area contributed by atoms with Crippen molar-refractivity contribution >= 4 is 35.4 Å². The molecule has 2 heterocycles. The molecule has 120 valence electrons. The quantitative estimate of drug-likeness (QED) is 0.577. The monoisotopic (exact) mass is 324 g/mol. The van der Waals surface area contributed by atoms with E-state index in [0.717, 1.165) is 0 Å². The predicted molar refractivity (Wildman–Crippen MR) is 86.9 cm³/mol. The SMILES string of the molecule is Nc1nc2ncc(CNc3ccc(C=O)c(C=O)c3)nc2c(=O)[nH]1. The Balaban J connectivity index is 1.84. The largest absolute Gasteiger partial charge is 0.379 e. The molecule has 0 atom stereocenters. The lowest BCUT2D eigenvalue weighted by Crippen LogP contribution is -2.15. The fraction of sp³-hybridized carbons (Fsp3) is 0.0667. The highest BCUT2D eigenvalue weighted by Gasteiger charge is 2.07. The second-order valence-electron chi connectivity index (χ2n) is 4.92. The van der Waals surface area contributed by atoms with E-state index in [2.05, 4.69) is 25.3 Å². The molecule has 4 N–H and O–H groups in total. The maximum absolute atomic E-state index is 11.8. The predicted octanol–water partition coefficient (Wildman–Crippen LogP) is 0.532. The van der Waals surface area contributed by atoms with Crippen LogP contribution in [0.1, 0.15) is 26.4 Å². The molecule has 3 aromatic rings. The number of hydrogen-bond acceptors (Lipinski definition) is 8. The molecule has 24 heavy (non-hydrogen) atoms. The maximum Gasteiger partial charge on any atom is 0.280 e. The molecule has 0 bridgehead atoms. The first-order valence-electron chi connectivity index (χ1n) is 6.90. The third kappa shape index (κ3) is 2.95. The Kier molecular flexibility index (Phi) is 3.98. The van der Waals surface area contributed by atoms with E-state index in [1.54, 1.807) is 18.2 Å². The van der Waals surface area contributed by atoms with Gasteiger partial charge in [0.25, 0.3) is 5.56 Å². The van der Waals surface area contributed by atoms with Gasteiger partial charge in [0.15, 0.2) is 23.7 Å². The Bertz CT molecular complexity index is 998. The summed E-state index contributed by atoms with van der Waals surface area (Å²) in [4.78, 5) is 48.1. The van der Waals surface area contributed by atoms with Crippen LogP contribution in [0.25, 0.3) is 11.2 Å². The Morgan fingerprint density at radius 2 is 1.96 bits per heavy atom. The lowest BCUT2D eigenvalue weighted by atomic mass is 10.1. The van der Waals surface area contributed by atoms with Crippen molar-refractivity contribution in [2.45, 2.75) is 6.54 Å². The first-order valence-corrected chi connectivity index (χ1v) is 6.90. The van der Waals surface area contributed by atoms with Gasteiger partial charge in [-0.2, -0.15) is 4.98 Å². The minimum atomic E-state index is -0.467. The molecule has 0 fully saturated rings. The van der Waals surface area contributed by atoms with E-state index in [9.17, 15) is 14.4 Å².